The van der Waals surface area contributed by atoms with Gasteiger partial charge in [0.05, 0.1) is 23.5 Å². The van der Waals surface area contributed by atoms with Crippen LogP contribution in [0.5, 0.6) is 11.5 Å². The van der Waals surface area contributed by atoms with Crippen molar-refractivity contribution in [2.75, 3.05) is 14.2 Å². The Hall–Kier alpha value is -1.56. The molecule has 2 rings (SSSR count). The average molecular weight is 395 g/mol. The van der Waals surface area contributed by atoms with Gasteiger partial charge in [0.15, 0.2) is 11.5 Å². The van der Waals surface area contributed by atoms with Gasteiger partial charge in [0.25, 0.3) is 0 Å². The largest absolute Gasteiger partial charge is 0.493 e. The van der Waals surface area contributed by atoms with Crippen LogP contribution in [0, 0.1) is 17.4 Å². The zero-order valence-corrected chi connectivity index (χ0v) is 14.8. The zero-order chi connectivity index (χ0) is 15.4. The van der Waals surface area contributed by atoms with E-state index in [0.717, 1.165) is 26.1 Å². The summed E-state index contributed by atoms with van der Waals surface area (Å²) in [6.07, 6.45) is 1.85. The minimum absolute atomic E-state index is 0.715. The Morgan fingerprint density at radius 2 is 1.81 bits per heavy atom. The van der Waals surface area contributed by atoms with Gasteiger partial charge in [-0.1, -0.05) is 12.1 Å². The fraction of sp³-hybridized carbons (Fsp3) is 0.235. The maximum atomic E-state index is 5.36. The molecule has 0 heterocycles. The minimum atomic E-state index is 0.715. The van der Waals surface area contributed by atoms with E-state index in [1.54, 1.807) is 14.2 Å². The highest BCUT2D eigenvalue weighted by atomic mass is 127. The molecular weight excluding hydrogens is 377 g/mol. The quantitative estimate of drug-likeness (QED) is 0.556. The third-order valence-corrected chi connectivity index (χ3v) is 3.97. The summed E-state index contributed by atoms with van der Waals surface area (Å²) in [6.45, 7) is 4.13. The molecule has 0 fully saturated rings. The summed E-state index contributed by atoms with van der Waals surface area (Å²) in [5.74, 6) is 1.47. The lowest BCUT2D eigenvalue weighted by Gasteiger charge is -2.10. The van der Waals surface area contributed by atoms with Crippen LogP contribution in [-0.4, -0.2) is 20.4 Å². The second-order valence-corrected chi connectivity index (χ2v) is 5.95. The molecular formula is C17H18INO2. The first-order valence-electron chi connectivity index (χ1n) is 6.58. The first-order valence-corrected chi connectivity index (χ1v) is 7.66. The molecule has 0 bridgehead atoms. The molecule has 0 spiro atoms. The molecule has 0 saturated heterocycles. The fourth-order valence-corrected chi connectivity index (χ4v) is 2.86. The molecule has 0 atom stereocenters. The van der Waals surface area contributed by atoms with Gasteiger partial charge in [0, 0.05) is 6.21 Å². The van der Waals surface area contributed by atoms with Crippen molar-refractivity contribution in [3.63, 3.8) is 0 Å². The number of hydrogen-bond acceptors (Lipinski definition) is 3. The number of nitrogens with zero attached hydrogens (tertiary/aromatic N) is 1. The Bertz CT molecular complexity index is 681. The van der Waals surface area contributed by atoms with Crippen LogP contribution < -0.4 is 9.47 Å². The fourth-order valence-electron chi connectivity index (χ4n) is 2.02. The predicted molar refractivity (Wildman–Crippen MR) is 95.4 cm³/mol. The molecule has 0 unspecified atom stereocenters. The molecule has 0 radical (unpaired) electrons. The summed E-state index contributed by atoms with van der Waals surface area (Å²) >= 11 is 2.23. The van der Waals surface area contributed by atoms with Crippen LogP contribution in [-0.2, 0) is 0 Å². The van der Waals surface area contributed by atoms with Crippen LogP contribution in [0.1, 0.15) is 16.7 Å². The van der Waals surface area contributed by atoms with Gasteiger partial charge in [-0.15, -0.1) is 0 Å². The maximum Gasteiger partial charge on any atom is 0.174 e. The van der Waals surface area contributed by atoms with Crippen molar-refractivity contribution < 1.29 is 9.47 Å². The molecule has 110 valence electrons. The summed E-state index contributed by atoms with van der Waals surface area (Å²) in [7, 11) is 3.28. The van der Waals surface area contributed by atoms with Crippen molar-refractivity contribution in [2.45, 2.75) is 13.8 Å². The first kappa shape index (κ1) is 15.8. The Labute approximate surface area is 139 Å². The third kappa shape index (κ3) is 3.75. The Balaban J connectivity index is 2.37. The smallest absolute Gasteiger partial charge is 0.174 e. The molecule has 2 aromatic rings. The van der Waals surface area contributed by atoms with Gasteiger partial charge >= 0.3 is 0 Å². The van der Waals surface area contributed by atoms with E-state index < -0.39 is 0 Å². The molecule has 2 aromatic carbocycles. The van der Waals surface area contributed by atoms with E-state index in [0.29, 0.717) is 5.75 Å². The van der Waals surface area contributed by atoms with Crippen LogP contribution in [0.2, 0.25) is 0 Å². The molecule has 0 aliphatic heterocycles. The van der Waals surface area contributed by atoms with Gasteiger partial charge < -0.3 is 9.47 Å². The summed E-state index contributed by atoms with van der Waals surface area (Å²) < 4.78 is 11.7. The number of benzene rings is 2. The van der Waals surface area contributed by atoms with Crippen molar-refractivity contribution in [2.24, 2.45) is 4.99 Å². The van der Waals surface area contributed by atoms with E-state index in [2.05, 4.69) is 59.6 Å². The number of ether oxygens (including phenoxy) is 2. The van der Waals surface area contributed by atoms with Gasteiger partial charge in [0.1, 0.15) is 0 Å². The minimum Gasteiger partial charge on any atom is -0.493 e. The van der Waals surface area contributed by atoms with Gasteiger partial charge in [-0.3, -0.25) is 4.99 Å². The van der Waals surface area contributed by atoms with E-state index >= 15 is 0 Å². The van der Waals surface area contributed by atoms with Crippen molar-refractivity contribution in [1.82, 2.24) is 0 Å². The standard InChI is InChI=1S/C17H18INO2/c1-11-5-6-12(2)15(7-11)19-10-13-8-14(18)17(21-4)16(9-13)20-3/h5-10H,1-4H3. The number of halogens is 1. The topological polar surface area (TPSA) is 30.8 Å². The van der Waals surface area contributed by atoms with Crippen molar-refractivity contribution in [3.8, 4) is 11.5 Å². The summed E-state index contributed by atoms with van der Waals surface area (Å²) in [5.41, 5.74) is 4.33. The second kappa shape index (κ2) is 6.93. The monoisotopic (exact) mass is 395 g/mol. The molecule has 0 aromatic heterocycles. The lowest BCUT2D eigenvalue weighted by atomic mass is 10.1. The van der Waals surface area contributed by atoms with E-state index in [1.165, 1.54) is 5.56 Å². The van der Waals surface area contributed by atoms with Gasteiger partial charge in [-0.05, 0) is 71.3 Å². The maximum absolute atomic E-state index is 5.36. The van der Waals surface area contributed by atoms with Crippen LogP contribution in [0.15, 0.2) is 35.3 Å². The number of aryl methyl sites for hydroxylation is 2. The zero-order valence-electron chi connectivity index (χ0n) is 12.6. The Morgan fingerprint density at radius 3 is 2.48 bits per heavy atom. The number of aliphatic imine (C=N–C) groups is 1. The average Bonchev–Trinajstić information content (AvgIpc) is 2.47. The predicted octanol–water partition coefficient (Wildman–Crippen LogP) is 4.68. The molecule has 3 nitrogen and oxygen atoms in total. The first-order chi connectivity index (χ1) is 10.0. The highest BCUT2D eigenvalue weighted by Crippen LogP contribution is 2.33. The van der Waals surface area contributed by atoms with Crippen molar-refractivity contribution >= 4 is 34.5 Å². The molecule has 0 amide bonds. The molecule has 0 aliphatic carbocycles. The normalized spacial score (nSPS) is 10.9. The van der Waals surface area contributed by atoms with E-state index in [-0.39, 0.29) is 0 Å². The molecule has 0 saturated carbocycles. The number of methoxy groups -OCH3 is 2. The van der Waals surface area contributed by atoms with Crippen LogP contribution >= 0.6 is 22.6 Å². The number of hydrogen-bond donors (Lipinski definition) is 0. The van der Waals surface area contributed by atoms with Crippen LogP contribution in [0.3, 0.4) is 0 Å². The van der Waals surface area contributed by atoms with Crippen LogP contribution in [0.4, 0.5) is 5.69 Å². The lowest BCUT2D eigenvalue weighted by Crippen LogP contribution is -1.95. The Morgan fingerprint density at radius 1 is 1.05 bits per heavy atom. The highest BCUT2D eigenvalue weighted by molar-refractivity contribution is 14.1. The molecule has 0 N–H and O–H groups in total. The lowest BCUT2D eigenvalue weighted by molar-refractivity contribution is 0.353. The van der Waals surface area contributed by atoms with E-state index in [4.69, 9.17) is 9.47 Å². The SMILES string of the molecule is COc1cc(C=Nc2cc(C)ccc2C)cc(I)c1OC. The summed E-state index contributed by atoms with van der Waals surface area (Å²) in [6, 6.07) is 10.2. The molecule has 0 aliphatic rings. The Kier molecular flexibility index (Phi) is 5.22. The molecule has 4 heteroatoms. The van der Waals surface area contributed by atoms with Crippen molar-refractivity contribution in [3.05, 3.63) is 50.6 Å². The molecule has 21 heavy (non-hydrogen) atoms. The van der Waals surface area contributed by atoms with Gasteiger partial charge in [0.2, 0.25) is 0 Å². The number of rotatable bonds is 4. The second-order valence-electron chi connectivity index (χ2n) is 4.79. The summed E-state index contributed by atoms with van der Waals surface area (Å²) in [4.78, 5) is 4.58. The van der Waals surface area contributed by atoms with Gasteiger partial charge in [-0.2, -0.15) is 0 Å². The highest BCUT2D eigenvalue weighted by Gasteiger charge is 2.09. The summed E-state index contributed by atoms with van der Waals surface area (Å²) in [5, 5.41) is 0. The third-order valence-electron chi connectivity index (χ3n) is 3.17. The van der Waals surface area contributed by atoms with E-state index in [1.807, 2.05) is 18.3 Å². The van der Waals surface area contributed by atoms with E-state index in [9.17, 15) is 0 Å². The van der Waals surface area contributed by atoms with Crippen molar-refractivity contribution in [1.29, 1.82) is 0 Å². The van der Waals surface area contributed by atoms with Gasteiger partial charge in [-0.25, -0.2) is 0 Å². The van der Waals surface area contributed by atoms with Crippen LogP contribution in [0.25, 0.3) is 0 Å².